The molecule has 2 amide bonds. The van der Waals surface area contributed by atoms with E-state index in [0.717, 1.165) is 12.8 Å². The van der Waals surface area contributed by atoms with Crippen molar-refractivity contribution in [3.8, 4) is 11.5 Å². The van der Waals surface area contributed by atoms with E-state index < -0.39 is 0 Å². The number of carbonyl (C=O) groups is 2. The average molecular weight is 346 g/mol. The van der Waals surface area contributed by atoms with E-state index in [9.17, 15) is 9.59 Å². The van der Waals surface area contributed by atoms with Crippen molar-refractivity contribution in [2.24, 2.45) is 0 Å². The van der Waals surface area contributed by atoms with Gasteiger partial charge in [-0.2, -0.15) is 0 Å². The Bertz CT molecular complexity index is 678. The standard InChI is InChI=1S/C18H23N3O4/c22-17(19-11-5-6-15-16(9-11)25-8-7-24-15)10-14-18(23)21-13-4-2-1-3-12(13)20-14/h5-6,9,12-14,20H,1-4,7-8,10H2,(H,19,22)(H,21,23)/p+1/t12-,13+,14-/m0/s1. The van der Waals surface area contributed by atoms with E-state index in [0.29, 0.717) is 36.4 Å². The van der Waals surface area contributed by atoms with E-state index in [-0.39, 0.29) is 30.3 Å². The fraction of sp³-hybridized carbons (Fsp3) is 0.556. The zero-order valence-corrected chi connectivity index (χ0v) is 14.1. The minimum atomic E-state index is -0.350. The molecule has 0 bridgehead atoms. The van der Waals surface area contributed by atoms with Crippen LogP contribution in [0.5, 0.6) is 11.5 Å². The van der Waals surface area contributed by atoms with Gasteiger partial charge in [-0.3, -0.25) is 9.59 Å². The maximum Gasteiger partial charge on any atom is 0.279 e. The lowest BCUT2D eigenvalue weighted by Crippen LogP contribution is -3.03. The molecule has 2 heterocycles. The van der Waals surface area contributed by atoms with Gasteiger partial charge in [0.15, 0.2) is 17.5 Å². The van der Waals surface area contributed by atoms with Gasteiger partial charge in [-0.1, -0.05) is 6.42 Å². The molecule has 1 saturated heterocycles. The predicted octanol–water partition coefficient (Wildman–Crippen LogP) is 0.159. The highest BCUT2D eigenvalue weighted by Crippen LogP contribution is 2.32. The molecule has 0 unspecified atom stereocenters. The zero-order valence-electron chi connectivity index (χ0n) is 14.1. The second-order valence-electron chi connectivity index (χ2n) is 6.97. The largest absolute Gasteiger partial charge is 0.486 e. The van der Waals surface area contributed by atoms with Crippen LogP contribution in [0, 0.1) is 0 Å². The molecule has 1 aromatic rings. The summed E-state index contributed by atoms with van der Waals surface area (Å²) in [6.45, 7) is 1.04. The number of nitrogens with one attached hydrogen (secondary N) is 2. The molecule has 2 aliphatic heterocycles. The van der Waals surface area contributed by atoms with Crippen molar-refractivity contribution in [1.82, 2.24) is 5.32 Å². The Balaban J connectivity index is 1.36. The minimum absolute atomic E-state index is 0.0273. The Labute approximate surface area is 146 Å². The number of piperazine rings is 1. The summed E-state index contributed by atoms with van der Waals surface area (Å²) >= 11 is 0. The van der Waals surface area contributed by atoms with Gasteiger partial charge < -0.3 is 25.4 Å². The third-order valence-electron chi connectivity index (χ3n) is 5.19. The van der Waals surface area contributed by atoms with Gasteiger partial charge in [-0.25, -0.2) is 0 Å². The van der Waals surface area contributed by atoms with Crippen molar-refractivity contribution in [3.05, 3.63) is 18.2 Å². The quantitative estimate of drug-likeness (QED) is 0.727. The number of quaternary nitrogens is 1. The number of nitrogens with two attached hydrogens (primary N) is 1. The maximum atomic E-state index is 12.4. The molecule has 1 aromatic carbocycles. The fourth-order valence-corrected chi connectivity index (χ4v) is 3.94. The SMILES string of the molecule is O=C(C[C@@H]1[NH2+][C@H]2CCCC[C@H]2NC1=O)Nc1ccc2c(c1)OCCO2. The number of amides is 2. The summed E-state index contributed by atoms with van der Waals surface area (Å²) in [5, 5.41) is 8.04. The first-order valence-corrected chi connectivity index (χ1v) is 9.04. The van der Waals surface area contributed by atoms with Crippen LogP contribution in [0.4, 0.5) is 5.69 Å². The number of benzene rings is 1. The number of rotatable bonds is 3. The molecule has 3 aliphatic rings. The van der Waals surface area contributed by atoms with Crippen molar-refractivity contribution in [2.75, 3.05) is 18.5 Å². The van der Waals surface area contributed by atoms with E-state index >= 15 is 0 Å². The first-order valence-electron chi connectivity index (χ1n) is 9.04. The van der Waals surface area contributed by atoms with E-state index in [1.807, 2.05) is 0 Å². The topological polar surface area (TPSA) is 93.3 Å². The molecule has 4 N–H and O–H groups in total. The molecule has 7 heteroatoms. The Morgan fingerprint density at radius 1 is 1.20 bits per heavy atom. The summed E-state index contributed by atoms with van der Waals surface area (Å²) in [6.07, 6.45) is 4.69. The van der Waals surface area contributed by atoms with Crippen LogP contribution in [0.15, 0.2) is 18.2 Å². The van der Waals surface area contributed by atoms with E-state index in [1.54, 1.807) is 18.2 Å². The predicted molar refractivity (Wildman–Crippen MR) is 90.6 cm³/mol. The highest BCUT2D eigenvalue weighted by Gasteiger charge is 2.40. The first-order chi connectivity index (χ1) is 12.2. The normalized spacial score (nSPS) is 27.8. The summed E-state index contributed by atoms with van der Waals surface area (Å²) in [4.78, 5) is 24.6. The first kappa shape index (κ1) is 16.2. The zero-order chi connectivity index (χ0) is 17.2. The van der Waals surface area contributed by atoms with Crippen LogP contribution >= 0.6 is 0 Å². The summed E-state index contributed by atoms with van der Waals surface area (Å²) < 4.78 is 11.0. The Kier molecular flexibility index (Phi) is 4.48. The van der Waals surface area contributed by atoms with Crippen molar-refractivity contribution in [3.63, 3.8) is 0 Å². The molecular weight excluding hydrogens is 322 g/mol. The van der Waals surface area contributed by atoms with Gasteiger partial charge in [0.05, 0.1) is 12.5 Å². The molecule has 7 nitrogen and oxygen atoms in total. The van der Waals surface area contributed by atoms with Gasteiger partial charge in [-0.15, -0.1) is 0 Å². The van der Waals surface area contributed by atoms with Crippen molar-refractivity contribution in [1.29, 1.82) is 0 Å². The number of hydrogen-bond donors (Lipinski definition) is 3. The van der Waals surface area contributed by atoms with Gasteiger partial charge in [-0.05, 0) is 25.0 Å². The van der Waals surface area contributed by atoms with Crippen LogP contribution in [0.3, 0.4) is 0 Å². The molecule has 2 fully saturated rings. The molecule has 4 rings (SSSR count). The molecule has 25 heavy (non-hydrogen) atoms. The second-order valence-corrected chi connectivity index (χ2v) is 6.97. The molecule has 0 spiro atoms. The van der Waals surface area contributed by atoms with Crippen LogP contribution in [0.2, 0.25) is 0 Å². The lowest BCUT2D eigenvalue weighted by atomic mass is 9.87. The number of carbonyl (C=O) groups excluding carboxylic acids is 2. The Morgan fingerprint density at radius 3 is 2.88 bits per heavy atom. The molecular formula is C18H24N3O4+. The second kappa shape index (κ2) is 6.92. The van der Waals surface area contributed by atoms with Crippen LogP contribution in [0.25, 0.3) is 0 Å². The number of anilines is 1. The van der Waals surface area contributed by atoms with Gasteiger partial charge in [0.2, 0.25) is 5.91 Å². The molecule has 0 aromatic heterocycles. The van der Waals surface area contributed by atoms with Crippen LogP contribution in [-0.2, 0) is 9.59 Å². The van der Waals surface area contributed by atoms with Crippen LogP contribution in [-0.4, -0.2) is 43.2 Å². The summed E-state index contributed by atoms with van der Waals surface area (Å²) in [5.74, 6) is 1.13. The van der Waals surface area contributed by atoms with E-state index in [2.05, 4.69) is 16.0 Å². The third-order valence-corrected chi connectivity index (χ3v) is 5.19. The lowest BCUT2D eigenvalue weighted by Gasteiger charge is -2.37. The Hall–Kier alpha value is -2.28. The maximum absolute atomic E-state index is 12.4. The average Bonchev–Trinajstić information content (AvgIpc) is 2.62. The molecule has 134 valence electrons. The summed E-state index contributed by atoms with van der Waals surface area (Å²) in [6, 6.07) is 5.64. The highest BCUT2D eigenvalue weighted by atomic mass is 16.6. The Morgan fingerprint density at radius 2 is 2.00 bits per heavy atom. The summed E-state index contributed by atoms with van der Waals surface area (Å²) in [7, 11) is 0. The summed E-state index contributed by atoms with van der Waals surface area (Å²) in [5.41, 5.74) is 0.654. The van der Waals surface area contributed by atoms with Crippen molar-refractivity contribution >= 4 is 17.5 Å². The smallest absolute Gasteiger partial charge is 0.279 e. The number of fused-ring (bicyclic) bond motifs is 2. The van der Waals surface area contributed by atoms with Crippen molar-refractivity contribution in [2.45, 2.75) is 50.2 Å². The van der Waals surface area contributed by atoms with E-state index in [4.69, 9.17) is 9.47 Å². The van der Waals surface area contributed by atoms with Crippen LogP contribution < -0.4 is 25.4 Å². The van der Waals surface area contributed by atoms with Gasteiger partial charge in [0.25, 0.3) is 5.91 Å². The molecule has 0 radical (unpaired) electrons. The van der Waals surface area contributed by atoms with Gasteiger partial charge in [0.1, 0.15) is 19.3 Å². The number of ether oxygens (including phenoxy) is 2. The van der Waals surface area contributed by atoms with Gasteiger partial charge in [0, 0.05) is 18.2 Å². The highest BCUT2D eigenvalue weighted by molar-refractivity contribution is 5.95. The van der Waals surface area contributed by atoms with E-state index in [1.165, 1.54) is 12.8 Å². The minimum Gasteiger partial charge on any atom is -0.486 e. The van der Waals surface area contributed by atoms with Crippen molar-refractivity contribution < 1.29 is 24.4 Å². The number of hydrogen-bond acceptors (Lipinski definition) is 4. The van der Waals surface area contributed by atoms with Crippen LogP contribution in [0.1, 0.15) is 32.1 Å². The fourth-order valence-electron chi connectivity index (χ4n) is 3.94. The molecule has 1 saturated carbocycles. The third kappa shape index (κ3) is 3.56. The molecule has 1 aliphatic carbocycles. The lowest BCUT2D eigenvalue weighted by molar-refractivity contribution is -0.718. The molecule has 3 atom stereocenters. The monoisotopic (exact) mass is 346 g/mol. The van der Waals surface area contributed by atoms with Gasteiger partial charge >= 0.3 is 0 Å².